The molecule has 0 bridgehead atoms. The average Bonchev–Trinajstić information content (AvgIpc) is 2.81. The summed E-state index contributed by atoms with van der Waals surface area (Å²) in [6.07, 6.45) is 0.841. The molecule has 32 heavy (non-hydrogen) atoms. The van der Waals surface area contributed by atoms with Gasteiger partial charge in [-0.2, -0.15) is 0 Å². The second kappa shape index (κ2) is 11.2. The fourth-order valence-electron chi connectivity index (χ4n) is 3.46. The van der Waals surface area contributed by atoms with E-state index in [4.69, 9.17) is 19.5 Å². The van der Waals surface area contributed by atoms with Gasteiger partial charge in [0.25, 0.3) is 0 Å². The minimum atomic E-state index is 0.565. The van der Waals surface area contributed by atoms with Crippen molar-refractivity contribution in [1.82, 2.24) is 15.6 Å². The highest BCUT2D eigenvalue weighted by molar-refractivity contribution is 5.85. The predicted molar refractivity (Wildman–Crippen MR) is 132 cm³/mol. The molecule has 0 spiro atoms. The van der Waals surface area contributed by atoms with Crippen LogP contribution in [0.2, 0.25) is 0 Å². The van der Waals surface area contributed by atoms with E-state index < -0.39 is 0 Å². The zero-order chi connectivity index (χ0) is 22.9. The van der Waals surface area contributed by atoms with E-state index >= 15 is 0 Å². The molecule has 3 aromatic rings. The molecule has 3 rings (SSSR count). The number of methoxy groups -OCH3 is 2. The second-order valence-corrected chi connectivity index (χ2v) is 7.61. The van der Waals surface area contributed by atoms with E-state index in [0.29, 0.717) is 6.54 Å². The lowest BCUT2D eigenvalue weighted by Crippen LogP contribution is -2.38. The highest BCUT2D eigenvalue weighted by atomic mass is 16.5. The second-order valence-electron chi connectivity index (χ2n) is 7.61. The number of nitrogens with zero attached hydrogens (tertiary/aromatic N) is 3. The van der Waals surface area contributed by atoms with E-state index in [2.05, 4.69) is 35.8 Å². The number of aromatic nitrogens is 1. The molecule has 0 unspecified atom stereocenters. The Morgan fingerprint density at radius 2 is 1.78 bits per heavy atom. The van der Waals surface area contributed by atoms with E-state index in [0.717, 1.165) is 59.3 Å². The van der Waals surface area contributed by atoms with Gasteiger partial charge in [-0.1, -0.05) is 24.3 Å². The molecule has 2 N–H and O–H groups in total. The van der Waals surface area contributed by atoms with E-state index in [9.17, 15) is 0 Å². The smallest absolute Gasteiger partial charge is 0.191 e. The maximum Gasteiger partial charge on any atom is 0.191 e. The summed E-state index contributed by atoms with van der Waals surface area (Å²) in [4.78, 5) is 11.6. The molecule has 0 saturated heterocycles. The maximum atomic E-state index is 5.40. The summed E-state index contributed by atoms with van der Waals surface area (Å²) in [5.41, 5.74) is 3.30. The van der Waals surface area contributed by atoms with Crippen LogP contribution in [0.1, 0.15) is 18.1 Å². The van der Waals surface area contributed by atoms with Crippen LogP contribution in [-0.2, 0) is 13.0 Å². The molecular weight excluding hydrogens is 402 g/mol. The standard InChI is InChI=1S/C25H33N5O2/c1-6-26-25(27-14-13-18-11-12-22(31-4)23(15-18)32-5)28-17-19-16-24(30(2)3)29-21-10-8-7-9-20(19)21/h7-12,15-16H,6,13-14,17H2,1-5H3,(H2,26,27,28). The van der Waals surface area contributed by atoms with Crippen LogP contribution in [-0.4, -0.2) is 52.3 Å². The van der Waals surface area contributed by atoms with Crippen LogP contribution in [0.5, 0.6) is 11.5 Å². The zero-order valence-corrected chi connectivity index (χ0v) is 19.6. The third-order valence-corrected chi connectivity index (χ3v) is 5.15. The average molecular weight is 436 g/mol. The molecule has 0 amide bonds. The number of anilines is 1. The van der Waals surface area contributed by atoms with Gasteiger partial charge in [-0.05, 0) is 48.7 Å². The molecule has 170 valence electrons. The van der Waals surface area contributed by atoms with Gasteiger partial charge in [-0.15, -0.1) is 0 Å². The van der Waals surface area contributed by atoms with Crippen molar-refractivity contribution >= 4 is 22.7 Å². The van der Waals surface area contributed by atoms with Crippen molar-refractivity contribution < 1.29 is 9.47 Å². The Labute approximate surface area is 190 Å². The topological polar surface area (TPSA) is 71.0 Å². The van der Waals surface area contributed by atoms with Gasteiger partial charge >= 0.3 is 0 Å². The SMILES string of the molecule is CCNC(=NCc1cc(N(C)C)nc2ccccc12)NCCc1ccc(OC)c(OC)c1. The molecule has 0 aliphatic heterocycles. The highest BCUT2D eigenvalue weighted by Gasteiger charge is 2.08. The van der Waals surface area contributed by atoms with Crippen molar-refractivity contribution in [2.24, 2.45) is 4.99 Å². The van der Waals surface area contributed by atoms with Gasteiger partial charge < -0.3 is 25.0 Å². The number of nitrogens with one attached hydrogen (secondary N) is 2. The van der Waals surface area contributed by atoms with Crippen LogP contribution in [0.15, 0.2) is 53.5 Å². The number of hydrogen-bond acceptors (Lipinski definition) is 5. The summed E-state index contributed by atoms with van der Waals surface area (Å²) in [6.45, 7) is 4.18. The Morgan fingerprint density at radius 1 is 1.00 bits per heavy atom. The van der Waals surface area contributed by atoms with E-state index in [-0.39, 0.29) is 0 Å². The van der Waals surface area contributed by atoms with Crippen LogP contribution in [0.3, 0.4) is 0 Å². The molecule has 0 atom stereocenters. The van der Waals surface area contributed by atoms with Crippen LogP contribution in [0.4, 0.5) is 5.82 Å². The quantitative estimate of drug-likeness (QED) is 0.395. The molecule has 7 nitrogen and oxygen atoms in total. The normalized spacial score (nSPS) is 11.3. The van der Waals surface area contributed by atoms with Crippen molar-refractivity contribution in [2.75, 3.05) is 46.3 Å². The molecule has 7 heteroatoms. The van der Waals surface area contributed by atoms with Gasteiger partial charge in [0.05, 0.1) is 26.3 Å². The zero-order valence-electron chi connectivity index (χ0n) is 19.6. The Bertz CT molecular complexity index is 1070. The molecule has 0 aliphatic carbocycles. The lowest BCUT2D eigenvalue weighted by atomic mass is 10.1. The van der Waals surface area contributed by atoms with Gasteiger partial charge in [0.2, 0.25) is 0 Å². The van der Waals surface area contributed by atoms with Gasteiger partial charge in [-0.3, -0.25) is 0 Å². The lowest BCUT2D eigenvalue weighted by molar-refractivity contribution is 0.354. The molecule has 1 aromatic heterocycles. The summed E-state index contributed by atoms with van der Waals surface area (Å²) in [7, 11) is 7.31. The number of pyridine rings is 1. The fourth-order valence-corrected chi connectivity index (χ4v) is 3.46. The number of hydrogen-bond donors (Lipinski definition) is 2. The number of aliphatic imine (C=N–C) groups is 1. The number of ether oxygens (including phenoxy) is 2. The van der Waals surface area contributed by atoms with E-state index in [1.807, 2.05) is 49.3 Å². The molecule has 0 aliphatic rings. The first-order valence-electron chi connectivity index (χ1n) is 10.8. The molecule has 1 heterocycles. The number of fused-ring (bicyclic) bond motifs is 1. The van der Waals surface area contributed by atoms with Crippen LogP contribution in [0.25, 0.3) is 10.9 Å². The van der Waals surface area contributed by atoms with Crippen LogP contribution in [0, 0.1) is 0 Å². The molecule has 0 saturated carbocycles. The molecule has 2 aromatic carbocycles. The summed E-state index contributed by atoms with van der Waals surface area (Å²) in [5.74, 6) is 3.20. The van der Waals surface area contributed by atoms with Crippen molar-refractivity contribution in [3.63, 3.8) is 0 Å². The summed E-state index contributed by atoms with van der Waals surface area (Å²) in [5, 5.41) is 7.89. The van der Waals surface area contributed by atoms with Crippen LogP contribution < -0.4 is 25.0 Å². The summed E-state index contributed by atoms with van der Waals surface area (Å²) in [6, 6.07) is 16.3. The first-order valence-corrected chi connectivity index (χ1v) is 10.8. The number of para-hydroxylation sites is 1. The van der Waals surface area contributed by atoms with Gasteiger partial charge in [0.15, 0.2) is 17.5 Å². The van der Waals surface area contributed by atoms with Crippen molar-refractivity contribution in [1.29, 1.82) is 0 Å². The number of benzene rings is 2. The van der Waals surface area contributed by atoms with Gasteiger partial charge in [0, 0.05) is 32.6 Å². The Balaban J connectivity index is 1.72. The van der Waals surface area contributed by atoms with E-state index in [1.165, 1.54) is 5.56 Å². The van der Waals surface area contributed by atoms with E-state index in [1.54, 1.807) is 14.2 Å². The molecular formula is C25H33N5O2. The lowest BCUT2D eigenvalue weighted by Gasteiger charge is -2.15. The third kappa shape index (κ3) is 5.81. The highest BCUT2D eigenvalue weighted by Crippen LogP contribution is 2.27. The third-order valence-electron chi connectivity index (χ3n) is 5.15. The first kappa shape index (κ1) is 23.2. The van der Waals surface area contributed by atoms with Crippen LogP contribution >= 0.6 is 0 Å². The minimum Gasteiger partial charge on any atom is -0.493 e. The van der Waals surface area contributed by atoms with Crippen molar-refractivity contribution in [3.8, 4) is 11.5 Å². The summed E-state index contributed by atoms with van der Waals surface area (Å²) < 4.78 is 10.7. The van der Waals surface area contributed by atoms with Gasteiger partial charge in [0.1, 0.15) is 5.82 Å². The maximum absolute atomic E-state index is 5.40. The predicted octanol–water partition coefficient (Wildman–Crippen LogP) is 3.62. The monoisotopic (exact) mass is 435 g/mol. The Hall–Kier alpha value is -3.48. The van der Waals surface area contributed by atoms with Crippen molar-refractivity contribution in [3.05, 3.63) is 59.7 Å². The van der Waals surface area contributed by atoms with Crippen molar-refractivity contribution in [2.45, 2.75) is 19.9 Å². The molecule has 0 fully saturated rings. The Morgan fingerprint density at radius 3 is 2.50 bits per heavy atom. The molecule has 0 radical (unpaired) electrons. The first-order chi connectivity index (χ1) is 15.5. The Kier molecular flexibility index (Phi) is 8.14. The minimum absolute atomic E-state index is 0.565. The summed E-state index contributed by atoms with van der Waals surface area (Å²) >= 11 is 0. The largest absolute Gasteiger partial charge is 0.493 e. The fraction of sp³-hybridized carbons (Fsp3) is 0.360. The number of guanidine groups is 1. The number of rotatable bonds is 9. The van der Waals surface area contributed by atoms with Gasteiger partial charge in [-0.25, -0.2) is 9.98 Å².